The van der Waals surface area contributed by atoms with Crippen LogP contribution in [0.3, 0.4) is 0 Å². The lowest BCUT2D eigenvalue weighted by Gasteiger charge is -2.12. The zero-order valence-electron chi connectivity index (χ0n) is 18.5. The van der Waals surface area contributed by atoms with E-state index < -0.39 is 5.97 Å². The number of nitrogens with one attached hydrogen (secondary N) is 1. The summed E-state index contributed by atoms with van der Waals surface area (Å²) in [5, 5.41) is 17.2. The number of aromatic nitrogens is 2. The molecule has 0 atom stereocenters. The molecular weight excluding hydrogens is 420 g/mol. The van der Waals surface area contributed by atoms with Crippen LogP contribution in [0, 0.1) is 18.3 Å². The number of methoxy groups -OCH3 is 1. The van der Waals surface area contributed by atoms with Crippen LogP contribution in [0.25, 0.3) is 5.52 Å². The van der Waals surface area contributed by atoms with Crippen LogP contribution in [0.15, 0.2) is 60.9 Å². The van der Waals surface area contributed by atoms with E-state index in [9.17, 15) is 10.1 Å². The van der Waals surface area contributed by atoms with E-state index in [4.69, 9.17) is 14.2 Å². The van der Waals surface area contributed by atoms with Gasteiger partial charge >= 0.3 is 5.97 Å². The van der Waals surface area contributed by atoms with Crippen molar-refractivity contribution in [2.24, 2.45) is 0 Å². The summed E-state index contributed by atoms with van der Waals surface area (Å²) in [7, 11) is 1.61. The van der Waals surface area contributed by atoms with Gasteiger partial charge in [-0.3, -0.25) is 0 Å². The lowest BCUT2D eigenvalue weighted by Crippen LogP contribution is -2.04. The highest BCUT2D eigenvalue weighted by atomic mass is 16.5. The molecule has 0 unspecified atom stereocenters. The molecule has 2 heterocycles. The first-order valence-electron chi connectivity index (χ1n) is 10.3. The van der Waals surface area contributed by atoms with Crippen molar-refractivity contribution in [3.05, 3.63) is 77.6 Å². The van der Waals surface area contributed by atoms with E-state index >= 15 is 0 Å². The van der Waals surface area contributed by atoms with Gasteiger partial charge in [0.2, 0.25) is 0 Å². The summed E-state index contributed by atoms with van der Waals surface area (Å²) in [5.41, 5.74) is 3.39. The fourth-order valence-corrected chi connectivity index (χ4v) is 3.44. The number of hydrogen-bond donors (Lipinski definition) is 1. The largest absolute Gasteiger partial charge is 0.497 e. The summed E-state index contributed by atoms with van der Waals surface area (Å²) >= 11 is 0. The van der Waals surface area contributed by atoms with Gasteiger partial charge in [-0.15, -0.1) is 0 Å². The average Bonchev–Trinajstić information content (AvgIpc) is 3.18. The highest BCUT2D eigenvalue weighted by molar-refractivity contribution is 5.97. The first-order chi connectivity index (χ1) is 16.0. The quantitative estimate of drug-likeness (QED) is 0.391. The van der Waals surface area contributed by atoms with Crippen LogP contribution in [0.1, 0.15) is 28.4 Å². The van der Waals surface area contributed by atoms with Gasteiger partial charge in [-0.05, 0) is 67.9 Å². The van der Waals surface area contributed by atoms with E-state index in [2.05, 4.69) is 16.5 Å². The number of anilines is 2. The van der Waals surface area contributed by atoms with E-state index in [0.29, 0.717) is 39.4 Å². The topological polar surface area (TPSA) is 97.9 Å². The zero-order chi connectivity index (χ0) is 23.4. The third kappa shape index (κ3) is 4.43. The second-order valence-corrected chi connectivity index (χ2v) is 7.15. The molecule has 0 fully saturated rings. The van der Waals surface area contributed by atoms with E-state index in [0.717, 1.165) is 11.4 Å². The van der Waals surface area contributed by atoms with Crippen LogP contribution in [0.5, 0.6) is 17.2 Å². The Morgan fingerprint density at radius 1 is 1.09 bits per heavy atom. The molecule has 2 aromatic carbocycles. The van der Waals surface area contributed by atoms with Crippen molar-refractivity contribution in [1.29, 1.82) is 5.26 Å². The van der Waals surface area contributed by atoms with Gasteiger partial charge in [-0.2, -0.15) is 10.4 Å². The molecule has 0 amide bonds. The van der Waals surface area contributed by atoms with Gasteiger partial charge in [0.15, 0.2) is 0 Å². The molecule has 2 aromatic heterocycles. The van der Waals surface area contributed by atoms with Crippen LogP contribution < -0.4 is 14.8 Å². The highest BCUT2D eigenvalue weighted by Crippen LogP contribution is 2.31. The van der Waals surface area contributed by atoms with Gasteiger partial charge in [0.1, 0.15) is 23.3 Å². The standard InChI is InChI=1S/C25H22N4O4/c1-4-32-25(30)22-15-29-24(16(22)2)23(17(13-26)14-27-29)28-18-5-7-20(8-6-18)33-21-11-9-19(31-3)10-12-21/h5-12,14-15,28H,4H2,1-3H3. The Kier molecular flexibility index (Phi) is 6.13. The van der Waals surface area contributed by atoms with Crippen LogP contribution in [-0.2, 0) is 4.74 Å². The summed E-state index contributed by atoms with van der Waals surface area (Å²) < 4.78 is 17.7. The Labute approximate surface area is 190 Å². The number of esters is 1. The fraction of sp³-hybridized carbons (Fsp3) is 0.160. The minimum Gasteiger partial charge on any atom is -0.497 e. The van der Waals surface area contributed by atoms with Crippen molar-refractivity contribution in [2.45, 2.75) is 13.8 Å². The van der Waals surface area contributed by atoms with Crippen LogP contribution in [0.2, 0.25) is 0 Å². The predicted octanol–water partition coefficient (Wildman–Crippen LogP) is 5.24. The van der Waals surface area contributed by atoms with Crippen molar-refractivity contribution >= 4 is 22.9 Å². The molecule has 0 aliphatic carbocycles. The number of nitrogens with zero attached hydrogens (tertiary/aromatic N) is 3. The van der Waals surface area contributed by atoms with Crippen molar-refractivity contribution in [2.75, 3.05) is 19.0 Å². The molecule has 8 nitrogen and oxygen atoms in total. The van der Waals surface area contributed by atoms with E-state index in [-0.39, 0.29) is 6.61 Å². The lowest BCUT2D eigenvalue weighted by molar-refractivity contribution is 0.0525. The van der Waals surface area contributed by atoms with Crippen LogP contribution >= 0.6 is 0 Å². The fourth-order valence-electron chi connectivity index (χ4n) is 3.44. The highest BCUT2D eigenvalue weighted by Gasteiger charge is 2.20. The third-order valence-electron chi connectivity index (χ3n) is 5.09. The summed E-state index contributed by atoms with van der Waals surface area (Å²) in [6.07, 6.45) is 3.08. The summed E-state index contributed by atoms with van der Waals surface area (Å²) in [5.74, 6) is 1.68. The van der Waals surface area contributed by atoms with E-state index in [1.54, 1.807) is 31.7 Å². The van der Waals surface area contributed by atoms with Gasteiger partial charge in [0.25, 0.3) is 0 Å². The second kappa shape index (κ2) is 9.32. The van der Waals surface area contributed by atoms with Crippen molar-refractivity contribution in [3.8, 4) is 23.3 Å². The molecular formula is C25H22N4O4. The molecule has 4 aromatic rings. The molecule has 0 aliphatic heterocycles. The maximum absolute atomic E-state index is 12.3. The molecule has 0 saturated heterocycles. The van der Waals surface area contributed by atoms with Gasteiger partial charge in [-0.1, -0.05) is 0 Å². The maximum atomic E-state index is 12.3. The number of fused-ring (bicyclic) bond motifs is 1. The minimum absolute atomic E-state index is 0.275. The lowest BCUT2D eigenvalue weighted by atomic mass is 10.1. The Bertz CT molecular complexity index is 1340. The van der Waals surface area contributed by atoms with Gasteiger partial charge in [0, 0.05) is 11.9 Å². The van der Waals surface area contributed by atoms with Crippen molar-refractivity contribution < 1.29 is 19.0 Å². The van der Waals surface area contributed by atoms with Crippen LogP contribution in [0.4, 0.5) is 11.4 Å². The number of ether oxygens (including phenoxy) is 3. The zero-order valence-corrected chi connectivity index (χ0v) is 18.5. The van der Waals surface area contributed by atoms with Crippen molar-refractivity contribution in [3.63, 3.8) is 0 Å². The SMILES string of the molecule is CCOC(=O)c1cn2ncc(C#N)c(Nc3ccc(Oc4ccc(OC)cc4)cc3)c2c1C. The van der Waals surface area contributed by atoms with Gasteiger partial charge in [0.05, 0.1) is 42.2 Å². The van der Waals surface area contributed by atoms with Crippen LogP contribution in [-0.4, -0.2) is 29.3 Å². The molecule has 8 heteroatoms. The summed E-state index contributed by atoms with van der Waals surface area (Å²) in [6, 6.07) is 16.8. The first-order valence-corrected chi connectivity index (χ1v) is 10.3. The third-order valence-corrected chi connectivity index (χ3v) is 5.09. The van der Waals surface area contributed by atoms with Crippen molar-refractivity contribution in [1.82, 2.24) is 9.61 Å². The average molecular weight is 442 g/mol. The molecule has 0 aliphatic rings. The first kappa shape index (κ1) is 21.7. The summed E-state index contributed by atoms with van der Waals surface area (Å²) in [6.45, 7) is 3.84. The molecule has 4 rings (SSSR count). The second-order valence-electron chi connectivity index (χ2n) is 7.15. The Morgan fingerprint density at radius 3 is 2.33 bits per heavy atom. The monoisotopic (exact) mass is 442 g/mol. The van der Waals surface area contributed by atoms with Gasteiger partial charge < -0.3 is 19.5 Å². The molecule has 0 saturated carbocycles. The molecule has 0 radical (unpaired) electrons. The number of carbonyl (C=O) groups excluding carboxylic acids is 1. The Balaban J connectivity index is 1.62. The Hall–Kier alpha value is -4.51. The maximum Gasteiger partial charge on any atom is 0.340 e. The number of benzene rings is 2. The predicted molar refractivity (Wildman–Crippen MR) is 123 cm³/mol. The number of carbonyl (C=O) groups is 1. The smallest absolute Gasteiger partial charge is 0.340 e. The molecule has 1 N–H and O–H groups in total. The molecule has 0 spiro atoms. The minimum atomic E-state index is -0.426. The Morgan fingerprint density at radius 2 is 1.73 bits per heavy atom. The summed E-state index contributed by atoms with van der Waals surface area (Å²) in [4.78, 5) is 12.3. The number of rotatable bonds is 7. The normalized spacial score (nSPS) is 10.5. The molecule has 0 bridgehead atoms. The van der Waals surface area contributed by atoms with Gasteiger partial charge in [-0.25, -0.2) is 9.31 Å². The molecule has 33 heavy (non-hydrogen) atoms. The number of hydrogen-bond acceptors (Lipinski definition) is 7. The number of nitriles is 1. The molecule has 166 valence electrons. The van der Waals surface area contributed by atoms with E-state index in [1.807, 2.05) is 48.5 Å². The number of aryl methyl sites for hydroxylation is 1. The van der Waals surface area contributed by atoms with E-state index in [1.165, 1.54) is 6.20 Å².